The molecule has 0 spiro atoms. The number of hydrogen-bond donors (Lipinski definition) is 2. The Morgan fingerprint density at radius 3 is 2.49 bits per heavy atom. The number of hydrogen-bond acceptors (Lipinski definition) is 8. The number of nitrogens with zero attached hydrogens (tertiary/aromatic N) is 2. The van der Waals surface area contributed by atoms with Gasteiger partial charge in [-0.2, -0.15) is 5.26 Å². The summed E-state index contributed by atoms with van der Waals surface area (Å²) in [6, 6.07) is 4.89. The van der Waals surface area contributed by atoms with Crippen LogP contribution in [0.1, 0.15) is 31.9 Å². The Kier molecular flexibility index (Phi) is 6.10. The number of carbonyl (C=O) groups excluding carboxylic acids is 2. The summed E-state index contributed by atoms with van der Waals surface area (Å²) in [6.45, 7) is 4.43. The molecule has 3 aliphatic carbocycles. The quantitative estimate of drug-likeness (QED) is 0.378. The molecule has 2 heterocycles. The van der Waals surface area contributed by atoms with Crippen molar-refractivity contribution >= 4 is 11.8 Å². The number of allylic oxidation sites excluding steroid dienone is 3. The van der Waals surface area contributed by atoms with E-state index in [1.54, 1.807) is 6.07 Å². The van der Waals surface area contributed by atoms with Gasteiger partial charge in [-0.15, -0.1) is 8.78 Å². The van der Waals surface area contributed by atoms with Crippen LogP contribution in [0.4, 0.5) is 8.78 Å². The van der Waals surface area contributed by atoms with Gasteiger partial charge in [-0.25, -0.2) is 4.98 Å². The van der Waals surface area contributed by atoms with Crippen molar-refractivity contribution in [1.29, 1.82) is 5.26 Å². The molecule has 12 heteroatoms. The molecule has 1 aromatic heterocycles. The summed E-state index contributed by atoms with van der Waals surface area (Å²) in [7, 11) is 0. The number of alkyl halides is 2. The van der Waals surface area contributed by atoms with Gasteiger partial charge in [-0.05, 0) is 44.4 Å². The minimum Gasteiger partial charge on any atom is -0.484 e. The molecule has 35 heavy (non-hydrogen) atoms. The summed E-state index contributed by atoms with van der Waals surface area (Å²) >= 11 is 0. The van der Waals surface area contributed by atoms with Crippen molar-refractivity contribution < 1.29 is 37.3 Å². The summed E-state index contributed by atoms with van der Waals surface area (Å²) in [6.07, 6.45) is 1.98. The molecule has 4 aliphatic rings. The van der Waals surface area contributed by atoms with Gasteiger partial charge < -0.3 is 29.6 Å². The molecule has 3 fully saturated rings. The molecule has 10 nitrogen and oxygen atoms in total. The average Bonchev–Trinajstić information content (AvgIpc) is 3.03. The first kappa shape index (κ1) is 24.0. The zero-order valence-corrected chi connectivity index (χ0v) is 18.7. The third-order valence-corrected chi connectivity index (χ3v) is 5.71. The maximum Gasteiger partial charge on any atom is 0.585 e. The number of nitrogens with one attached hydrogen (secondary N) is 2. The van der Waals surface area contributed by atoms with Gasteiger partial charge in [-0.3, -0.25) is 9.59 Å². The van der Waals surface area contributed by atoms with Crippen LogP contribution in [0.15, 0.2) is 54.3 Å². The third-order valence-electron chi connectivity index (χ3n) is 5.71. The van der Waals surface area contributed by atoms with Crippen molar-refractivity contribution in [3.8, 4) is 11.8 Å². The molecule has 2 bridgehead atoms. The normalized spacial score (nSPS) is 25.3. The van der Waals surface area contributed by atoms with Crippen LogP contribution in [0.25, 0.3) is 0 Å². The fourth-order valence-corrected chi connectivity index (χ4v) is 4.40. The molecule has 3 saturated carbocycles. The lowest BCUT2D eigenvalue weighted by Gasteiger charge is -2.70. The molecule has 2 amide bonds. The number of amides is 2. The summed E-state index contributed by atoms with van der Waals surface area (Å²) in [4.78, 5) is 28.3. The maximum atomic E-state index is 13.0. The Morgan fingerprint density at radius 1 is 1.23 bits per heavy atom. The number of pyridine rings is 1. The highest BCUT2D eigenvalue weighted by molar-refractivity contribution is 5.81. The Hall–Kier alpha value is -4.14. The fourth-order valence-electron chi connectivity index (χ4n) is 4.40. The van der Waals surface area contributed by atoms with E-state index in [4.69, 9.17) is 14.7 Å². The Balaban J connectivity index is 1.14. The molecule has 0 atom stereocenters. The van der Waals surface area contributed by atoms with Gasteiger partial charge in [0.2, 0.25) is 0 Å². The number of carbonyl (C=O) groups is 2. The molecule has 0 radical (unpaired) electrons. The molecular formula is C23H22F2N4O6. The third kappa shape index (κ3) is 5.51. The predicted octanol–water partition coefficient (Wildman–Crippen LogP) is 2.15. The van der Waals surface area contributed by atoms with Crippen LogP contribution >= 0.6 is 0 Å². The van der Waals surface area contributed by atoms with Gasteiger partial charge in [0.1, 0.15) is 29.0 Å². The second-order valence-corrected chi connectivity index (χ2v) is 8.64. The van der Waals surface area contributed by atoms with Crippen molar-refractivity contribution in [2.45, 2.75) is 43.6 Å². The van der Waals surface area contributed by atoms with E-state index in [1.807, 2.05) is 6.07 Å². The largest absolute Gasteiger partial charge is 0.585 e. The standard InChI is InChI=1S/C23H22F2N4O6/c1-14(3-4-18-15(2)34-23(24,25)35-18)32-9-19(30)28-21-11-22(12-21,13-21)29-20(31)10-33-17-5-6-27-16(7-17)8-26/h3-7H,1,9-13H2,2H3,(H,28,30)(H,29,31)/b4-3-. The van der Waals surface area contributed by atoms with Gasteiger partial charge in [0, 0.05) is 23.3 Å². The molecule has 0 saturated heterocycles. The zero-order chi connectivity index (χ0) is 25.3. The molecule has 0 unspecified atom stereocenters. The van der Waals surface area contributed by atoms with E-state index >= 15 is 0 Å². The number of halogens is 2. The summed E-state index contributed by atoms with van der Waals surface area (Å²) < 4.78 is 45.2. The van der Waals surface area contributed by atoms with Crippen LogP contribution < -0.4 is 15.4 Å². The molecule has 184 valence electrons. The number of aromatic nitrogens is 1. The van der Waals surface area contributed by atoms with Crippen LogP contribution in [-0.2, 0) is 23.8 Å². The van der Waals surface area contributed by atoms with E-state index in [0.29, 0.717) is 25.0 Å². The molecule has 5 rings (SSSR count). The summed E-state index contributed by atoms with van der Waals surface area (Å²) in [5.41, 5.74) is -0.562. The lowest BCUT2D eigenvalue weighted by Crippen LogP contribution is -2.84. The fraction of sp³-hybridized carbons (Fsp3) is 0.391. The average molecular weight is 488 g/mol. The van der Waals surface area contributed by atoms with E-state index in [2.05, 4.69) is 31.7 Å². The second kappa shape index (κ2) is 8.90. The van der Waals surface area contributed by atoms with Gasteiger partial charge in [-0.1, -0.05) is 6.58 Å². The topological polar surface area (TPSA) is 132 Å². The molecule has 0 aromatic carbocycles. The minimum absolute atomic E-state index is 0.0803. The second-order valence-electron chi connectivity index (χ2n) is 8.64. The first-order valence-electron chi connectivity index (χ1n) is 10.6. The monoisotopic (exact) mass is 488 g/mol. The van der Waals surface area contributed by atoms with Crippen molar-refractivity contribution in [1.82, 2.24) is 15.6 Å². The van der Waals surface area contributed by atoms with E-state index in [-0.39, 0.29) is 59.1 Å². The van der Waals surface area contributed by atoms with Crippen LogP contribution in [0.5, 0.6) is 5.75 Å². The van der Waals surface area contributed by atoms with E-state index in [9.17, 15) is 18.4 Å². The van der Waals surface area contributed by atoms with Crippen LogP contribution in [-0.4, -0.2) is 47.4 Å². The van der Waals surface area contributed by atoms with Gasteiger partial charge in [0.25, 0.3) is 11.8 Å². The lowest BCUT2D eigenvalue weighted by molar-refractivity contribution is -0.336. The first-order chi connectivity index (χ1) is 16.5. The highest BCUT2D eigenvalue weighted by atomic mass is 19.3. The first-order valence-corrected chi connectivity index (χ1v) is 10.6. The van der Waals surface area contributed by atoms with Gasteiger partial charge in [0.05, 0.1) is 0 Å². The highest BCUT2D eigenvalue weighted by Gasteiger charge is 2.69. The van der Waals surface area contributed by atoms with Crippen molar-refractivity contribution in [2.75, 3.05) is 13.2 Å². The van der Waals surface area contributed by atoms with Crippen molar-refractivity contribution in [2.24, 2.45) is 0 Å². The predicted molar refractivity (Wildman–Crippen MR) is 114 cm³/mol. The van der Waals surface area contributed by atoms with Crippen LogP contribution in [0, 0.1) is 11.3 Å². The summed E-state index contributed by atoms with van der Waals surface area (Å²) in [5.74, 6) is -0.459. The van der Waals surface area contributed by atoms with Crippen molar-refractivity contribution in [3.05, 3.63) is 60.0 Å². The highest BCUT2D eigenvalue weighted by Crippen LogP contribution is 2.60. The molecule has 1 aromatic rings. The minimum atomic E-state index is -3.71. The van der Waals surface area contributed by atoms with Crippen molar-refractivity contribution in [3.63, 3.8) is 0 Å². The van der Waals surface area contributed by atoms with Gasteiger partial charge in [0.15, 0.2) is 19.0 Å². The van der Waals surface area contributed by atoms with E-state index in [1.165, 1.54) is 31.3 Å². The van der Waals surface area contributed by atoms with E-state index in [0.717, 1.165) is 0 Å². The number of nitriles is 1. The Labute approximate surface area is 199 Å². The maximum absolute atomic E-state index is 13.0. The van der Waals surface area contributed by atoms with Crippen LogP contribution in [0.3, 0.4) is 0 Å². The zero-order valence-electron chi connectivity index (χ0n) is 18.7. The number of rotatable bonds is 10. The SMILES string of the molecule is C=C(/C=C\C1=C(C)OC(F)(F)O1)OCC(=O)NC12CC(NC(=O)COc3ccnc(C#N)c3)(C1)C2. The van der Waals surface area contributed by atoms with Gasteiger partial charge >= 0.3 is 6.29 Å². The summed E-state index contributed by atoms with van der Waals surface area (Å²) in [5, 5.41) is 14.7. The molecule has 2 N–H and O–H groups in total. The lowest BCUT2D eigenvalue weighted by atomic mass is 9.44. The number of ether oxygens (including phenoxy) is 4. The smallest absolute Gasteiger partial charge is 0.484 e. The van der Waals surface area contributed by atoms with E-state index < -0.39 is 6.29 Å². The Morgan fingerprint density at radius 2 is 1.89 bits per heavy atom. The Bertz CT molecular complexity index is 1150. The molecular weight excluding hydrogens is 466 g/mol. The van der Waals surface area contributed by atoms with Crippen LogP contribution in [0.2, 0.25) is 0 Å². The molecule has 1 aliphatic heterocycles.